The van der Waals surface area contributed by atoms with E-state index in [4.69, 9.17) is 43.5 Å². The minimum Gasteiger partial charge on any atom is -0.493 e. The molecule has 7 nitrogen and oxygen atoms in total. The van der Waals surface area contributed by atoms with Crippen LogP contribution >= 0.6 is 46.3 Å². The van der Waals surface area contributed by atoms with Crippen molar-refractivity contribution in [1.82, 2.24) is 19.9 Å². The molecule has 0 bridgehead atoms. The third-order valence-corrected chi connectivity index (χ3v) is 6.85. The van der Waals surface area contributed by atoms with Crippen LogP contribution in [0.1, 0.15) is 5.69 Å². The van der Waals surface area contributed by atoms with Crippen molar-refractivity contribution in [1.29, 1.82) is 0 Å². The fraction of sp³-hybridized carbons (Fsp3) is 0.150. The monoisotopic (exact) mass is 493 g/mol. The largest absolute Gasteiger partial charge is 0.493 e. The summed E-state index contributed by atoms with van der Waals surface area (Å²) in [6.45, 7) is 0. The zero-order valence-corrected chi connectivity index (χ0v) is 19.6. The second-order valence-corrected chi connectivity index (χ2v) is 8.95. The number of hydrogen-bond acceptors (Lipinski definition) is 8. The number of nitrogens with two attached hydrogens (primary N) is 1. The van der Waals surface area contributed by atoms with Crippen molar-refractivity contribution in [2.24, 2.45) is 0 Å². The Morgan fingerprint density at radius 1 is 1.06 bits per heavy atom. The van der Waals surface area contributed by atoms with Crippen LogP contribution in [0.4, 0.5) is 0 Å². The number of nitrogens with zero attached hydrogens (tertiary/aromatic N) is 4. The maximum Gasteiger partial charge on any atom is 0.210 e. The number of methoxy groups -OCH3 is 2. The molecule has 0 saturated heterocycles. The molecule has 31 heavy (non-hydrogen) atoms. The van der Waals surface area contributed by atoms with Crippen LogP contribution in [0.15, 0.2) is 46.9 Å². The molecule has 160 valence electrons. The normalized spacial score (nSPS) is 11.0. The van der Waals surface area contributed by atoms with Gasteiger partial charge < -0.3 is 15.3 Å². The maximum absolute atomic E-state index is 6.26. The lowest BCUT2D eigenvalue weighted by molar-refractivity contribution is 0.355. The highest BCUT2D eigenvalue weighted by Crippen LogP contribution is 2.35. The van der Waals surface area contributed by atoms with E-state index in [0.29, 0.717) is 43.8 Å². The van der Waals surface area contributed by atoms with Crippen molar-refractivity contribution in [3.05, 3.63) is 57.5 Å². The fourth-order valence-electron chi connectivity index (χ4n) is 2.84. The van der Waals surface area contributed by atoms with Crippen LogP contribution in [0.5, 0.6) is 11.5 Å². The summed E-state index contributed by atoms with van der Waals surface area (Å²) in [4.78, 5) is 4.71. The first kappa shape index (κ1) is 21.8. The molecule has 11 heteroatoms. The summed E-state index contributed by atoms with van der Waals surface area (Å²) in [6, 6.07) is 10.8. The molecule has 0 fully saturated rings. The molecule has 2 N–H and O–H groups in total. The van der Waals surface area contributed by atoms with E-state index in [-0.39, 0.29) is 0 Å². The Morgan fingerprint density at radius 2 is 1.87 bits per heavy atom. The Morgan fingerprint density at radius 3 is 2.65 bits per heavy atom. The SMILES string of the molecule is COc1ccc(-c2nc(CSc3nnc(-c4cc(Cl)ccc4Cl)n3N)cs2)cc1OC. The number of benzene rings is 2. The molecule has 2 aromatic carbocycles. The lowest BCUT2D eigenvalue weighted by atomic mass is 10.2. The highest BCUT2D eigenvalue weighted by Gasteiger charge is 2.16. The first-order valence-corrected chi connectivity index (χ1v) is 11.6. The van der Waals surface area contributed by atoms with Gasteiger partial charge in [0, 0.05) is 27.3 Å². The van der Waals surface area contributed by atoms with Crippen molar-refractivity contribution in [3.63, 3.8) is 0 Å². The molecular formula is C20H17Cl2N5O2S2. The second kappa shape index (κ2) is 9.35. The van der Waals surface area contributed by atoms with Crippen molar-refractivity contribution >= 4 is 46.3 Å². The average Bonchev–Trinajstić information content (AvgIpc) is 3.40. The minimum atomic E-state index is 0.444. The fourth-order valence-corrected chi connectivity index (χ4v) is 4.89. The molecule has 0 amide bonds. The van der Waals surface area contributed by atoms with Crippen LogP contribution < -0.4 is 15.3 Å². The number of thioether (sulfide) groups is 1. The van der Waals surface area contributed by atoms with E-state index >= 15 is 0 Å². The number of ether oxygens (including phenoxy) is 2. The zero-order chi connectivity index (χ0) is 22.0. The molecule has 4 rings (SSSR count). The summed E-state index contributed by atoms with van der Waals surface area (Å²) < 4.78 is 12.1. The van der Waals surface area contributed by atoms with Gasteiger partial charge in [0.25, 0.3) is 0 Å². The molecule has 0 unspecified atom stereocenters. The maximum atomic E-state index is 6.26. The molecule has 0 spiro atoms. The molecular weight excluding hydrogens is 477 g/mol. The van der Waals surface area contributed by atoms with Gasteiger partial charge in [0.2, 0.25) is 5.16 Å². The summed E-state index contributed by atoms with van der Waals surface area (Å²) in [5.74, 6) is 8.57. The molecule has 0 saturated carbocycles. The van der Waals surface area contributed by atoms with Gasteiger partial charge in [-0.25, -0.2) is 9.66 Å². The van der Waals surface area contributed by atoms with Gasteiger partial charge in [-0.3, -0.25) is 0 Å². The van der Waals surface area contributed by atoms with Crippen LogP contribution in [0.3, 0.4) is 0 Å². The molecule has 2 aromatic heterocycles. The molecule has 0 aliphatic rings. The first-order valence-electron chi connectivity index (χ1n) is 8.95. The average molecular weight is 494 g/mol. The number of aromatic nitrogens is 4. The zero-order valence-electron chi connectivity index (χ0n) is 16.5. The van der Waals surface area contributed by atoms with Gasteiger partial charge in [-0.2, -0.15) is 0 Å². The van der Waals surface area contributed by atoms with Crippen molar-refractivity contribution < 1.29 is 9.47 Å². The third-order valence-electron chi connectivity index (χ3n) is 4.37. The van der Waals surface area contributed by atoms with Crippen molar-refractivity contribution in [3.8, 4) is 33.5 Å². The number of nitrogen functional groups attached to an aromatic ring is 1. The molecule has 0 aliphatic heterocycles. The van der Waals surface area contributed by atoms with Crippen molar-refractivity contribution in [2.45, 2.75) is 10.9 Å². The number of thiazole rings is 1. The van der Waals surface area contributed by atoms with Crippen LogP contribution in [0, 0.1) is 0 Å². The first-order chi connectivity index (χ1) is 15.0. The predicted molar refractivity (Wildman–Crippen MR) is 126 cm³/mol. The molecule has 0 atom stereocenters. The summed E-state index contributed by atoms with van der Waals surface area (Å²) in [5, 5.41) is 12.8. The molecule has 2 heterocycles. The predicted octanol–water partition coefficient (Wildman–Crippen LogP) is 5.40. The van der Waals surface area contributed by atoms with Crippen LogP contribution in [0.25, 0.3) is 22.0 Å². The lowest BCUT2D eigenvalue weighted by Crippen LogP contribution is -2.11. The Bertz CT molecular complexity index is 1230. The van der Waals surface area contributed by atoms with E-state index in [1.54, 1.807) is 43.8 Å². The Labute approximate surface area is 197 Å². The van der Waals surface area contributed by atoms with Crippen LogP contribution in [-0.4, -0.2) is 34.1 Å². The van der Waals surface area contributed by atoms with E-state index in [1.807, 2.05) is 23.6 Å². The molecule has 0 radical (unpaired) electrons. The number of rotatable bonds is 7. The second-order valence-electron chi connectivity index (χ2n) is 6.30. The van der Waals surface area contributed by atoms with Crippen LogP contribution in [0.2, 0.25) is 10.0 Å². The Balaban J connectivity index is 1.50. The molecule has 0 aliphatic carbocycles. The van der Waals surface area contributed by atoms with E-state index in [2.05, 4.69) is 10.2 Å². The quantitative estimate of drug-likeness (QED) is 0.272. The van der Waals surface area contributed by atoms with Gasteiger partial charge in [0.05, 0.1) is 24.9 Å². The van der Waals surface area contributed by atoms with Gasteiger partial charge in [0.1, 0.15) is 5.01 Å². The van der Waals surface area contributed by atoms with E-state index in [9.17, 15) is 0 Å². The van der Waals surface area contributed by atoms with Gasteiger partial charge in [-0.1, -0.05) is 35.0 Å². The topological polar surface area (TPSA) is 88.1 Å². The summed E-state index contributed by atoms with van der Waals surface area (Å²) >= 11 is 15.3. The van der Waals surface area contributed by atoms with Gasteiger partial charge in [0.15, 0.2) is 17.3 Å². The Hall–Kier alpha value is -2.46. The molecule has 4 aromatic rings. The summed E-state index contributed by atoms with van der Waals surface area (Å²) in [5.41, 5.74) is 2.49. The number of halogens is 2. The van der Waals surface area contributed by atoms with E-state index in [0.717, 1.165) is 16.3 Å². The third kappa shape index (κ3) is 4.59. The van der Waals surface area contributed by atoms with Crippen molar-refractivity contribution in [2.75, 3.05) is 20.1 Å². The summed E-state index contributed by atoms with van der Waals surface area (Å²) in [6.07, 6.45) is 0. The van der Waals surface area contributed by atoms with E-state index < -0.39 is 0 Å². The van der Waals surface area contributed by atoms with Gasteiger partial charge in [-0.15, -0.1) is 21.5 Å². The summed E-state index contributed by atoms with van der Waals surface area (Å²) in [7, 11) is 3.22. The Kier molecular flexibility index (Phi) is 6.57. The highest BCUT2D eigenvalue weighted by atomic mass is 35.5. The minimum absolute atomic E-state index is 0.444. The smallest absolute Gasteiger partial charge is 0.210 e. The number of hydrogen-bond donors (Lipinski definition) is 1. The standard InChI is InChI=1S/C20H17Cl2N5O2S2/c1-28-16-6-3-11(7-17(16)29-2)19-24-13(9-30-19)10-31-20-26-25-18(27(20)23)14-8-12(21)4-5-15(14)22/h3-9H,10,23H2,1-2H3. The van der Waals surface area contributed by atoms with Gasteiger partial charge in [-0.05, 0) is 36.4 Å². The van der Waals surface area contributed by atoms with E-state index in [1.165, 1.54) is 16.4 Å². The van der Waals surface area contributed by atoms with Crippen LogP contribution in [-0.2, 0) is 5.75 Å². The lowest BCUT2D eigenvalue weighted by Gasteiger charge is -2.08. The van der Waals surface area contributed by atoms with Gasteiger partial charge >= 0.3 is 0 Å². The highest BCUT2D eigenvalue weighted by molar-refractivity contribution is 7.98.